The topological polar surface area (TPSA) is 97.0 Å². The van der Waals surface area contributed by atoms with Crippen LogP contribution in [-0.4, -0.2) is 64.2 Å². The molecule has 2 atom stereocenters. The molecule has 0 spiro atoms. The molecule has 9 heteroatoms. The summed E-state index contributed by atoms with van der Waals surface area (Å²) in [7, 11) is -3.90. The predicted octanol–water partition coefficient (Wildman–Crippen LogP) is 2.92. The van der Waals surface area contributed by atoms with Gasteiger partial charge in [0.25, 0.3) is 0 Å². The van der Waals surface area contributed by atoms with Gasteiger partial charge >= 0.3 is 0 Å². The molecule has 2 aliphatic rings. The first kappa shape index (κ1) is 25.8. The second kappa shape index (κ2) is 12.0. The van der Waals surface area contributed by atoms with Gasteiger partial charge in [0, 0.05) is 25.1 Å². The number of carbonyl (C=O) groups is 1. The maximum absolute atomic E-state index is 13.0. The van der Waals surface area contributed by atoms with Crippen molar-refractivity contribution in [1.82, 2.24) is 14.9 Å². The first-order chi connectivity index (χ1) is 15.8. The van der Waals surface area contributed by atoms with Crippen molar-refractivity contribution in [2.45, 2.75) is 76.3 Å². The Morgan fingerprint density at radius 1 is 1.12 bits per heavy atom. The molecule has 1 aromatic rings. The van der Waals surface area contributed by atoms with Gasteiger partial charge in [0.1, 0.15) is 6.04 Å². The SMILES string of the molecule is CC(C)C(NS(=O)(=O)c1ccc2c(c1)OCCCO2)C(=O)NCCCCN1CCCCC1C. The number of nitrogens with one attached hydrogen (secondary N) is 2. The van der Waals surface area contributed by atoms with Crippen molar-refractivity contribution in [3.8, 4) is 11.5 Å². The molecular weight excluding hydrogens is 442 g/mol. The Hall–Kier alpha value is -1.84. The number of hydrogen-bond donors (Lipinski definition) is 2. The first-order valence-corrected chi connectivity index (χ1v) is 13.7. The van der Waals surface area contributed by atoms with Gasteiger partial charge in [-0.05, 0) is 63.7 Å². The standard InChI is InChI=1S/C24H39N3O5S/c1-18(2)23(24(28)25-12-5-7-14-27-13-6-4-9-19(27)3)26-33(29,30)20-10-11-21-22(17-20)32-16-8-15-31-21/h10-11,17-19,23,26H,4-9,12-16H2,1-3H3,(H,25,28). The number of amides is 1. The number of carbonyl (C=O) groups excluding carboxylic acids is 1. The van der Waals surface area contributed by atoms with Crippen LogP contribution < -0.4 is 19.5 Å². The highest BCUT2D eigenvalue weighted by atomic mass is 32.2. The Morgan fingerprint density at radius 3 is 2.61 bits per heavy atom. The van der Waals surface area contributed by atoms with Crippen LogP contribution in [0.4, 0.5) is 0 Å². The summed E-state index contributed by atoms with van der Waals surface area (Å²) in [6.45, 7) is 9.68. The lowest BCUT2D eigenvalue weighted by atomic mass is 10.0. The number of likely N-dealkylation sites (tertiary alicyclic amines) is 1. The van der Waals surface area contributed by atoms with Gasteiger partial charge in [0.15, 0.2) is 11.5 Å². The first-order valence-electron chi connectivity index (χ1n) is 12.2. The van der Waals surface area contributed by atoms with Gasteiger partial charge in [-0.2, -0.15) is 4.72 Å². The minimum Gasteiger partial charge on any atom is -0.490 e. The summed E-state index contributed by atoms with van der Waals surface area (Å²) in [5.41, 5.74) is 0. The van der Waals surface area contributed by atoms with Gasteiger partial charge < -0.3 is 19.7 Å². The molecule has 0 radical (unpaired) electrons. The Labute approximate surface area is 198 Å². The maximum Gasteiger partial charge on any atom is 0.241 e. The van der Waals surface area contributed by atoms with Gasteiger partial charge in [-0.25, -0.2) is 8.42 Å². The van der Waals surface area contributed by atoms with Crippen molar-refractivity contribution in [2.75, 3.05) is 32.8 Å². The van der Waals surface area contributed by atoms with Crippen LogP contribution in [0, 0.1) is 5.92 Å². The Bertz CT molecular complexity index is 890. The van der Waals surface area contributed by atoms with Crippen LogP contribution in [0.2, 0.25) is 0 Å². The molecule has 0 bridgehead atoms. The largest absolute Gasteiger partial charge is 0.490 e. The third-order valence-corrected chi connectivity index (χ3v) is 7.81. The second-order valence-corrected chi connectivity index (χ2v) is 11.1. The third-order valence-electron chi connectivity index (χ3n) is 6.37. The predicted molar refractivity (Wildman–Crippen MR) is 128 cm³/mol. The molecule has 0 aromatic heterocycles. The quantitative estimate of drug-likeness (QED) is 0.499. The zero-order valence-corrected chi connectivity index (χ0v) is 21.0. The number of fused-ring (bicyclic) bond motifs is 1. The van der Waals surface area contributed by atoms with Crippen LogP contribution in [0.1, 0.15) is 59.3 Å². The Kier molecular flexibility index (Phi) is 9.40. The minimum atomic E-state index is -3.90. The molecule has 1 fully saturated rings. The van der Waals surface area contributed by atoms with Crippen molar-refractivity contribution >= 4 is 15.9 Å². The smallest absolute Gasteiger partial charge is 0.241 e. The molecular formula is C24H39N3O5S. The number of ether oxygens (including phenoxy) is 2. The third kappa shape index (κ3) is 7.32. The molecule has 2 N–H and O–H groups in total. The molecule has 1 saturated heterocycles. The molecule has 2 unspecified atom stereocenters. The van der Waals surface area contributed by atoms with E-state index in [4.69, 9.17) is 9.47 Å². The number of benzene rings is 1. The van der Waals surface area contributed by atoms with Gasteiger partial charge in [-0.3, -0.25) is 4.79 Å². The monoisotopic (exact) mass is 481 g/mol. The molecule has 2 heterocycles. The summed E-state index contributed by atoms with van der Waals surface area (Å²) >= 11 is 0. The van der Waals surface area contributed by atoms with Crippen LogP contribution in [-0.2, 0) is 14.8 Å². The molecule has 186 valence electrons. The number of piperidine rings is 1. The van der Waals surface area contributed by atoms with Crippen molar-refractivity contribution in [3.63, 3.8) is 0 Å². The van der Waals surface area contributed by atoms with Crippen LogP contribution in [0.3, 0.4) is 0 Å². The number of sulfonamides is 1. The van der Waals surface area contributed by atoms with Gasteiger partial charge in [-0.15, -0.1) is 0 Å². The highest BCUT2D eigenvalue weighted by molar-refractivity contribution is 7.89. The van der Waals surface area contributed by atoms with Gasteiger partial charge in [-0.1, -0.05) is 20.3 Å². The average molecular weight is 482 g/mol. The van der Waals surface area contributed by atoms with Crippen molar-refractivity contribution in [3.05, 3.63) is 18.2 Å². The van der Waals surface area contributed by atoms with Crippen LogP contribution in [0.25, 0.3) is 0 Å². The van der Waals surface area contributed by atoms with Gasteiger partial charge in [0.05, 0.1) is 18.1 Å². The van der Waals surface area contributed by atoms with Gasteiger partial charge in [0.2, 0.25) is 15.9 Å². The normalized spacial score (nSPS) is 20.3. The molecule has 2 aliphatic heterocycles. The maximum atomic E-state index is 13.0. The molecule has 1 aromatic carbocycles. The summed E-state index contributed by atoms with van der Waals surface area (Å²) in [4.78, 5) is 15.4. The molecule has 1 amide bonds. The van der Waals surface area contributed by atoms with E-state index in [-0.39, 0.29) is 16.7 Å². The number of nitrogens with zero attached hydrogens (tertiary/aromatic N) is 1. The lowest BCUT2D eigenvalue weighted by molar-refractivity contribution is -0.123. The zero-order chi connectivity index (χ0) is 23.8. The van der Waals surface area contributed by atoms with E-state index < -0.39 is 16.1 Å². The van der Waals surface area contributed by atoms with Crippen molar-refractivity contribution in [2.24, 2.45) is 5.92 Å². The highest BCUT2D eigenvalue weighted by Gasteiger charge is 2.29. The van der Waals surface area contributed by atoms with Crippen LogP contribution in [0.5, 0.6) is 11.5 Å². The van der Waals surface area contributed by atoms with E-state index >= 15 is 0 Å². The summed E-state index contributed by atoms with van der Waals surface area (Å²) < 4.78 is 39.8. The highest BCUT2D eigenvalue weighted by Crippen LogP contribution is 2.32. The molecule has 0 aliphatic carbocycles. The number of hydrogen-bond acceptors (Lipinski definition) is 6. The molecule has 3 rings (SSSR count). The van der Waals surface area contributed by atoms with E-state index in [9.17, 15) is 13.2 Å². The lowest BCUT2D eigenvalue weighted by Crippen LogP contribution is -2.49. The second-order valence-electron chi connectivity index (χ2n) is 9.38. The Balaban J connectivity index is 1.52. The molecule has 8 nitrogen and oxygen atoms in total. The zero-order valence-electron chi connectivity index (χ0n) is 20.1. The van der Waals surface area contributed by atoms with Crippen LogP contribution >= 0.6 is 0 Å². The fourth-order valence-electron chi connectivity index (χ4n) is 4.29. The summed E-state index contributed by atoms with van der Waals surface area (Å²) in [5.74, 6) is 0.441. The Morgan fingerprint density at radius 2 is 1.88 bits per heavy atom. The fraction of sp³-hybridized carbons (Fsp3) is 0.708. The summed E-state index contributed by atoms with van der Waals surface area (Å²) in [6, 6.07) is 4.32. The van der Waals surface area contributed by atoms with E-state index in [0.717, 1.165) is 32.4 Å². The average Bonchev–Trinajstić information content (AvgIpc) is 3.03. The van der Waals surface area contributed by atoms with Crippen molar-refractivity contribution < 1.29 is 22.7 Å². The summed E-state index contributed by atoms with van der Waals surface area (Å²) in [5, 5.41) is 2.92. The molecule has 33 heavy (non-hydrogen) atoms. The number of rotatable bonds is 10. The van der Waals surface area contributed by atoms with Crippen LogP contribution in [0.15, 0.2) is 23.1 Å². The number of unbranched alkanes of at least 4 members (excludes halogenated alkanes) is 1. The molecule has 0 saturated carbocycles. The van der Waals surface area contributed by atoms with E-state index in [2.05, 4.69) is 21.9 Å². The van der Waals surface area contributed by atoms with E-state index in [1.807, 2.05) is 13.8 Å². The van der Waals surface area contributed by atoms with E-state index in [0.29, 0.717) is 37.3 Å². The van der Waals surface area contributed by atoms with E-state index in [1.54, 1.807) is 6.07 Å². The lowest BCUT2D eigenvalue weighted by Gasteiger charge is -2.33. The minimum absolute atomic E-state index is 0.0563. The summed E-state index contributed by atoms with van der Waals surface area (Å²) in [6.07, 6.45) is 6.46. The van der Waals surface area contributed by atoms with Crippen molar-refractivity contribution in [1.29, 1.82) is 0 Å². The fourth-order valence-corrected chi connectivity index (χ4v) is 5.65. The van der Waals surface area contributed by atoms with E-state index in [1.165, 1.54) is 31.4 Å².